The number of hydrogen-bond acceptors (Lipinski definition) is 4. The molecule has 1 fully saturated rings. The van der Waals surface area contributed by atoms with E-state index in [4.69, 9.17) is 10.7 Å². The number of thiazole rings is 1. The highest BCUT2D eigenvalue weighted by molar-refractivity contribution is 7.15. The maximum Gasteiger partial charge on any atom is 0.107 e. The number of nitrogens with two attached hydrogens (primary N) is 1. The molecule has 0 spiro atoms. The Bertz CT molecular complexity index is 595. The van der Waals surface area contributed by atoms with E-state index in [1.54, 1.807) is 11.3 Å². The average Bonchev–Trinajstić information content (AvgIpc) is 3.16. The summed E-state index contributed by atoms with van der Waals surface area (Å²) in [6, 6.07) is 8.77. The van der Waals surface area contributed by atoms with Crippen molar-refractivity contribution >= 4 is 17.0 Å². The zero-order valence-electron chi connectivity index (χ0n) is 12.8. The summed E-state index contributed by atoms with van der Waals surface area (Å²) in [7, 11) is 4.14. The van der Waals surface area contributed by atoms with E-state index in [2.05, 4.69) is 43.3 Å². The molecule has 0 radical (unpaired) electrons. The molecule has 0 bridgehead atoms. The molecule has 3 nitrogen and oxygen atoms in total. The van der Waals surface area contributed by atoms with Gasteiger partial charge >= 0.3 is 0 Å². The molecule has 1 aliphatic rings. The van der Waals surface area contributed by atoms with E-state index in [1.807, 2.05) is 0 Å². The number of aromatic nitrogens is 1. The van der Waals surface area contributed by atoms with Gasteiger partial charge < -0.3 is 10.6 Å². The average molecular weight is 301 g/mol. The molecule has 1 heterocycles. The second-order valence-corrected chi connectivity index (χ2v) is 7.03. The van der Waals surface area contributed by atoms with Crippen LogP contribution in [0.25, 0.3) is 10.4 Å². The Labute approximate surface area is 130 Å². The van der Waals surface area contributed by atoms with Gasteiger partial charge in [0, 0.05) is 32.2 Å². The van der Waals surface area contributed by atoms with Crippen molar-refractivity contribution in [2.24, 2.45) is 5.73 Å². The summed E-state index contributed by atoms with van der Waals surface area (Å²) in [5.41, 5.74) is 9.61. The van der Waals surface area contributed by atoms with Gasteiger partial charge in [0.1, 0.15) is 5.01 Å². The van der Waals surface area contributed by atoms with Crippen molar-refractivity contribution < 1.29 is 0 Å². The van der Waals surface area contributed by atoms with Crippen LogP contribution in [0.2, 0.25) is 0 Å². The summed E-state index contributed by atoms with van der Waals surface area (Å²) in [5.74, 6) is 0.630. The van der Waals surface area contributed by atoms with Gasteiger partial charge in [-0.25, -0.2) is 4.98 Å². The lowest BCUT2D eigenvalue weighted by Crippen LogP contribution is -2.07. The SMILES string of the molecule is CN(C)c1ccc(-c2sc(CN)nc2C2CCCC2)cc1. The Balaban J connectivity index is 1.97. The van der Waals surface area contributed by atoms with E-state index in [9.17, 15) is 0 Å². The third kappa shape index (κ3) is 2.97. The Morgan fingerprint density at radius 2 is 1.86 bits per heavy atom. The van der Waals surface area contributed by atoms with E-state index in [-0.39, 0.29) is 0 Å². The molecular formula is C17H23N3S. The molecule has 0 amide bonds. The predicted octanol–water partition coefficient (Wildman–Crippen LogP) is 3.99. The number of benzene rings is 1. The van der Waals surface area contributed by atoms with Crippen molar-refractivity contribution in [1.29, 1.82) is 0 Å². The maximum absolute atomic E-state index is 5.81. The maximum atomic E-state index is 5.81. The molecule has 2 N–H and O–H groups in total. The second-order valence-electron chi connectivity index (χ2n) is 5.95. The molecule has 21 heavy (non-hydrogen) atoms. The molecule has 2 aromatic rings. The van der Waals surface area contributed by atoms with Crippen LogP contribution in [0.1, 0.15) is 42.3 Å². The number of hydrogen-bond donors (Lipinski definition) is 1. The first-order valence-corrected chi connectivity index (χ1v) is 8.48. The lowest BCUT2D eigenvalue weighted by molar-refractivity contribution is 0.700. The van der Waals surface area contributed by atoms with E-state index in [0.717, 1.165) is 5.01 Å². The topological polar surface area (TPSA) is 42.1 Å². The highest BCUT2D eigenvalue weighted by Gasteiger charge is 2.24. The van der Waals surface area contributed by atoms with Crippen molar-refractivity contribution in [3.05, 3.63) is 35.0 Å². The zero-order valence-corrected chi connectivity index (χ0v) is 13.6. The summed E-state index contributed by atoms with van der Waals surface area (Å²) >= 11 is 1.76. The first-order valence-electron chi connectivity index (χ1n) is 7.66. The molecule has 0 aliphatic heterocycles. The molecule has 112 valence electrons. The smallest absolute Gasteiger partial charge is 0.107 e. The molecule has 0 atom stereocenters. The van der Waals surface area contributed by atoms with E-state index in [0.29, 0.717) is 12.5 Å². The minimum atomic E-state index is 0.542. The van der Waals surface area contributed by atoms with Crippen LogP contribution in [0.3, 0.4) is 0 Å². The monoisotopic (exact) mass is 301 g/mol. The normalized spacial score (nSPS) is 15.6. The summed E-state index contributed by atoms with van der Waals surface area (Å²) < 4.78 is 0. The Hall–Kier alpha value is -1.39. The van der Waals surface area contributed by atoms with Crippen LogP contribution < -0.4 is 10.6 Å². The third-order valence-corrected chi connectivity index (χ3v) is 5.40. The molecule has 1 aromatic heterocycles. The fraction of sp³-hybridized carbons (Fsp3) is 0.471. The molecule has 0 unspecified atom stereocenters. The summed E-state index contributed by atoms with van der Waals surface area (Å²) in [4.78, 5) is 8.28. The Morgan fingerprint density at radius 3 is 2.43 bits per heavy atom. The fourth-order valence-electron chi connectivity index (χ4n) is 3.06. The fourth-order valence-corrected chi connectivity index (χ4v) is 4.09. The molecular weight excluding hydrogens is 278 g/mol. The van der Waals surface area contributed by atoms with E-state index in [1.165, 1.54) is 47.5 Å². The van der Waals surface area contributed by atoms with Crippen LogP contribution in [0.15, 0.2) is 24.3 Å². The van der Waals surface area contributed by atoms with Crippen LogP contribution in [-0.2, 0) is 6.54 Å². The van der Waals surface area contributed by atoms with Crippen molar-refractivity contribution in [3.8, 4) is 10.4 Å². The van der Waals surface area contributed by atoms with E-state index >= 15 is 0 Å². The van der Waals surface area contributed by atoms with E-state index < -0.39 is 0 Å². The van der Waals surface area contributed by atoms with Crippen molar-refractivity contribution in [3.63, 3.8) is 0 Å². The van der Waals surface area contributed by atoms with Crippen molar-refractivity contribution in [1.82, 2.24) is 4.98 Å². The quantitative estimate of drug-likeness (QED) is 0.928. The summed E-state index contributed by atoms with van der Waals surface area (Å²) in [5, 5.41) is 1.06. The molecule has 1 aliphatic carbocycles. The molecule has 3 rings (SSSR count). The first-order chi connectivity index (χ1) is 10.2. The number of rotatable bonds is 4. The highest BCUT2D eigenvalue weighted by Crippen LogP contribution is 2.41. The number of nitrogens with zero attached hydrogens (tertiary/aromatic N) is 2. The Kier molecular flexibility index (Phi) is 4.27. The van der Waals surface area contributed by atoms with Crippen LogP contribution in [0.4, 0.5) is 5.69 Å². The summed E-state index contributed by atoms with van der Waals surface area (Å²) in [6.45, 7) is 0.542. The molecule has 1 aromatic carbocycles. The van der Waals surface area contributed by atoms with Gasteiger partial charge in [0.05, 0.1) is 10.6 Å². The van der Waals surface area contributed by atoms with Crippen LogP contribution in [0, 0.1) is 0 Å². The minimum Gasteiger partial charge on any atom is -0.378 e. The number of anilines is 1. The van der Waals surface area contributed by atoms with Crippen molar-refractivity contribution in [2.45, 2.75) is 38.1 Å². The molecule has 1 saturated carbocycles. The van der Waals surface area contributed by atoms with Gasteiger partial charge in [-0.2, -0.15) is 0 Å². The van der Waals surface area contributed by atoms with Crippen LogP contribution in [-0.4, -0.2) is 19.1 Å². The van der Waals surface area contributed by atoms with Crippen LogP contribution >= 0.6 is 11.3 Å². The Morgan fingerprint density at radius 1 is 1.19 bits per heavy atom. The molecule has 4 heteroatoms. The van der Waals surface area contributed by atoms with Gasteiger partial charge in [0.25, 0.3) is 0 Å². The van der Waals surface area contributed by atoms with Gasteiger partial charge in [-0.15, -0.1) is 11.3 Å². The second kappa shape index (κ2) is 6.16. The van der Waals surface area contributed by atoms with Crippen molar-refractivity contribution in [2.75, 3.05) is 19.0 Å². The van der Waals surface area contributed by atoms with Gasteiger partial charge in [-0.1, -0.05) is 25.0 Å². The lowest BCUT2D eigenvalue weighted by Gasteiger charge is -2.13. The standard InChI is InChI=1S/C17H23N3S/c1-20(2)14-9-7-13(8-10-14)17-16(12-5-3-4-6-12)19-15(11-18)21-17/h7-10,12H,3-6,11,18H2,1-2H3. The summed E-state index contributed by atoms with van der Waals surface area (Å²) in [6.07, 6.45) is 5.21. The predicted molar refractivity (Wildman–Crippen MR) is 91.0 cm³/mol. The van der Waals surface area contributed by atoms with Gasteiger partial charge in [0.2, 0.25) is 0 Å². The minimum absolute atomic E-state index is 0.542. The third-order valence-electron chi connectivity index (χ3n) is 4.26. The first kappa shape index (κ1) is 14.5. The largest absolute Gasteiger partial charge is 0.378 e. The zero-order chi connectivity index (χ0) is 14.8. The highest BCUT2D eigenvalue weighted by atomic mass is 32.1. The van der Waals surface area contributed by atoms with Gasteiger partial charge in [-0.05, 0) is 30.5 Å². The van der Waals surface area contributed by atoms with Gasteiger partial charge in [0.15, 0.2) is 0 Å². The lowest BCUT2D eigenvalue weighted by atomic mass is 10.00. The molecule has 0 saturated heterocycles. The van der Waals surface area contributed by atoms with Crippen LogP contribution in [0.5, 0.6) is 0 Å². The van der Waals surface area contributed by atoms with Gasteiger partial charge in [-0.3, -0.25) is 0 Å².